The van der Waals surface area contributed by atoms with Crippen molar-refractivity contribution in [3.63, 3.8) is 0 Å². The number of halogens is 2. The minimum absolute atomic E-state index is 0.109. The van der Waals surface area contributed by atoms with E-state index < -0.39 is 0 Å². The van der Waals surface area contributed by atoms with Crippen LogP contribution in [0.25, 0.3) is 0 Å². The number of ether oxygens (including phenoxy) is 1. The lowest BCUT2D eigenvalue weighted by atomic mass is 10.3. The van der Waals surface area contributed by atoms with Crippen molar-refractivity contribution in [3.8, 4) is 5.75 Å². The van der Waals surface area contributed by atoms with Gasteiger partial charge in [0.1, 0.15) is 10.8 Å². The van der Waals surface area contributed by atoms with Gasteiger partial charge in [0.05, 0.1) is 17.3 Å². The number of benzene rings is 1. The molecule has 0 spiro atoms. The molecule has 2 aromatic heterocycles. The quantitative estimate of drug-likeness (QED) is 0.598. The van der Waals surface area contributed by atoms with E-state index in [9.17, 15) is 4.79 Å². The molecule has 0 bridgehead atoms. The van der Waals surface area contributed by atoms with E-state index in [4.69, 9.17) is 27.9 Å². The first-order chi connectivity index (χ1) is 13.0. The molecule has 27 heavy (non-hydrogen) atoms. The molecule has 0 N–H and O–H groups in total. The van der Waals surface area contributed by atoms with Crippen LogP contribution in [0, 0.1) is 0 Å². The van der Waals surface area contributed by atoms with Gasteiger partial charge in [-0.25, -0.2) is 4.68 Å². The van der Waals surface area contributed by atoms with E-state index in [-0.39, 0.29) is 12.6 Å². The molecule has 0 aliphatic carbocycles. The van der Waals surface area contributed by atoms with Crippen LogP contribution in [0.2, 0.25) is 10.0 Å². The minimum Gasteiger partial charge on any atom is -0.470 e. The molecule has 0 fully saturated rings. The number of hydrogen-bond acceptors (Lipinski definition) is 4. The molecule has 0 unspecified atom stereocenters. The second-order valence-electron chi connectivity index (χ2n) is 5.89. The molecule has 9 heteroatoms. The molecule has 3 aromatic rings. The number of aromatic nitrogens is 4. The SMILES string of the molecule is CCn1ccc(CN(C)C(=O)c2ccn(COc3cccc(Cl)c3Cl)n2)n1. The van der Waals surface area contributed by atoms with Crippen LogP contribution in [0.3, 0.4) is 0 Å². The van der Waals surface area contributed by atoms with Crippen LogP contribution in [0.1, 0.15) is 23.1 Å². The molecule has 3 rings (SSSR count). The first-order valence-electron chi connectivity index (χ1n) is 8.36. The third-order valence-corrected chi connectivity index (χ3v) is 4.70. The Morgan fingerprint density at radius 3 is 2.67 bits per heavy atom. The molecule has 7 nitrogen and oxygen atoms in total. The topological polar surface area (TPSA) is 65.2 Å². The number of aryl methyl sites for hydroxylation is 1. The van der Waals surface area contributed by atoms with Gasteiger partial charge >= 0.3 is 0 Å². The summed E-state index contributed by atoms with van der Waals surface area (Å²) in [6.07, 6.45) is 3.56. The highest BCUT2D eigenvalue weighted by molar-refractivity contribution is 6.42. The van der Waals surface area contributed by atoms with Gasteiger partial charge in [-0.3, -0.25) is 9.48 Å². The summed E-state index contributed by atoms with van der Waals surface area (Å²) in [5.41, 5.74) is 1.15. The first-order valence-corrected chi connectivity index (χ1v) is 9.11. The maximum Gasteiger partial charge on any atom is 0.274 e. The monoisotopic (exact) mass is 407 g/mol. The Labute approximate surface area is 167 Å². The maximum atomic E-state index is 12.5. The molecule has 142 valence electrons. The Hall–Kier alpha value is -2.51. The number of amides is 1. The summed E-state index contributed by atoms with van der Waals surface area (Å²) < 4.78 is 8.95. The van der Waals surface area contributed by atoms with Crippen LogP contribution in [0.15, 0.2) is 42.7 Å². The number of nitrogens with zero attached hydrogens (tertiary/aromatic N) is 5. The van der Waals surface area contributed by atoms with Gasteiger partial charge in [-0.05, 0) is 31.2 Å². The Morgan fingerprint density at radius 1 is 1.15 bits per heavy atom. The van der Waals surface area contributed by atoms with Crippen molar-refractivity contribution in [1.82, 2.24) is 24.5 Å². The number of carbonyl (C=O) groups excluding carboxylic acids is 1. The third kappa shape index (κ3) is 4.61. The molecule has 0 saturated heterocycles. The summed E-state index contributed by atoms with van der Waals surface area (Å²) in [5, 5.41) is 9.40. The van der Waals surface area contributed by atoms with E-state index >= 15 is 0 Å². The molecule has 0 saturated carbocycles. The molecular weight excluding hydrogens is 389 g/mol. The second-order valence-corrected chi connectivity index (χ2v) is 6.67. The summed E-state index contributed by atoms with van der Waals surface area (Å²) in [6, 6.07) is 8.69. The predicted molar refractivity (Wildman–Crippen MR) is 103 cm³/mol. The number of rotatable bonds is 7. The van der Waals surface area contributed by atoms with E-state index in [0.29, 0.717) is 28.0 Å². The standard InChI is InChI=1S/C18H19Cl2N5O2/c1-3-24-9-7-13(21-24)11-23(2)18(26)15-8-10-25(22-15)12-27-16-6-4-5-14(19)17(16)20/h4-10H,3,11-12H2,1-2H3. The van der Waals surface area contributed by atoms with Crippen LogP contribution in [-0.2, 0) is 19.8 Å². The van der Waals surface area contributed by atoms with Crippen LogP contribution in [0.5, 0.6) is 5.75 Å². The van der Waals surface area contributed by atoms with Gasteiger partial charge in [-0.15, -0.1) is 0 Å². The van der Waals surface area contributed by atoms with E-state index in [1.165, 1.54) is 4.68 Å². The van der Waals surface area contributed by atoms with Gasteiger partial charge in [0.2, 0.25) is 0 Å². The summed E-state index contributed by atoms with van der Waals surface area (Å²) in [6.45, 7) is 3.32. The average Bonchev–Trinajstić information content (AvgIpc) is 3.31. The smallest absolute Gasteiger partial charge is 0.274 e. The van der Waals surface area contributed by atoms with Crippen molar-refractivity contribution in [3.05, 3.63) is 64.2 Å². The molecular formula is C18H19Cl2N5O2. The van der Waals surface area contributed by atoms with Crippen molar-refractivity contribution in [2.45, 2.75) is 26.7 Å². The van der Waals surface area contributed by atoms with Crippen molar-refractivity contribution in [2.24, 2.45) is 0 Å². The molecule has 0 radical (unpaired) electrons. The highest BCUT2D eigenvalue weighted by atomic mass is 35.5. The molecule has 0 aliphatic heterocycles. The normalized spacial score (nSPS) is 10.8. The predicted octanol–water partition coefficient (Wildman–Crippen LogP) is 3.72. The summed E-state index contributed by atoms with van der Waals surface area (Å²) in [7, 11) is 1.72. The summed E-state index contributed by atoms with van der Waals surface area (Å²) in [5.74, 6) is 0.261. The summed E-state index contributed by atoms with van der Waals surface area (Å²) >= 11 is 12.1. The van der Waals surface area contributed by atoms with Crippen molar-refractivity contribution < 1.29 is 9.53 Å². The van der Waals surface area contributed by atoms with Gasteiger partial charge in [-0.2, -0.15) is 10.2 Å². The first kappa shape index (κ1) is 19.3. The van der Waals surface area contributed by atoms with Crippen LogP contribution in [-0.4, -0.2) is 37.4 Å². The molecule has 0 atom stereocenters. The fraction of sp³-hybridized carbons (Fsp3) is 0.278. The van der Waals surface area contributed by atoms with Crippen LogP contribution in [0.4, 0.5) is 0 Å². The second kappa shape index (κ2) is 8.45. The maximum absolute atomic E-state index is 12.5. The fourth-order valence-electron chi connectivity index (χ4n) is 2.45. The number of hydrogen-bond donors (Lipinski definition) is 0. The van der Waals surface area contributed by atoms with Crippen LogP contribution < -0.4 is 4.74 Å². The average molecular weight is 408 g/mol. The zero-order chi connectivity index (χ0) is 19.4. The van der Waals surface area contributed by atoms with E-state index in [0.717, 1.165) is 12.2 Å². The van der Waals surface area contributed by atoms with Crippen LogP contribution >= 0.6 is 23.2 Å². The van der Waals surface area contributed by atoms with Gasteiger partial charge in [0.15, 0.2) is 12.4 Å². The molecule has 2 heterocycles. The molecule has 0 aliphatic rings. The number of carbonyl (C=O) groups is 1. The van der Waals surface area contributed by atoms with E-state index in [2.05, 4.69) is 10.2 Å². The zero-order valence-corrected chi connectivity index (χ0v) is 16.5. The van der Waals surface area contributed by atoms with Gasteiger partial charge in [-0.1, -0.05) is 29.3 Å². The lowest BCUT2D eigenvalue weighted by molar-refractivity contribution is 0.0775. The minimum atomic E-state index is -0.194. The van der Waals surface area contributed by atoms with Crippen molar-refractivity contribution >= 4 is 29.1 Å². The van der Waals surface area contributed by atoms with Crippen molar-refractivity contribution in [1.29, 1.82) is 0 Å². The Bertz CT molecular complexity index is 937. The van der Waals surface area contributed by atoms with Gasteiger partial charge < -0.3 is 9.64 Å². The fourth-order valence-corrected chi connectivity index (χ4v) is 2.80. The highest BCUT2D eigenvalue weighted by Crippen LogP contribution is 2.31. The third-order valence-electron chi connectivity index (χ3n) is 3.89. The largest absolute Gasteiger partial charge is 0.470 e. The van der Waals surface area contributed by atoms with E-state index in [1.807, 2.05) is 23.9 Å². The molecule has 1 amide bonds. The highest BCUT2D eigenvalue weighted by Gasteiger charge is 2.16. The lowest BCUT2D eigenvalue weighted by Crippen LogP contribution is -2.27. The Balaban J connectivity index is 1.60. The van der Waals surface area contributed by atoms with Crippen molar-refractivity contribution in [2.75, 3.05) is 7.05 Å². The Morgan fingerprint density at radius 2 is 1.93 bits per heavy atom. The summed E-state index contributed by atoms with van der Waals surface area (Å²) in [4.78, 5) is 14.1. The van der Waals surface area contributed by atoms with E-state index in [1.54, 1.807) is 42.4 Å². The lowest BCUT2D eigenvalue weighted by Gasteiger charge is -2.14. The molecule has 1 aromatic carbocycles. The Kier molecular flexibility index (Phi) is 6.03. The van der Waals surface area contributed by atoms with Gasteiger partial charge in [0, 0.05) is 26.0 Å². The zero-order valence-electron chi connectivity index (χ0n) is 15.0. The van der Waals surface area contributed by atoms with Gasteiger partial charge in [0.25, 0.3) is 5.91 Å².